The van der Waals surface area contributed by atoms with E-state index in [0.717, 1.165) is 31.5 Å². The van der Waals surface area contributed by atoms with E-state index in [1.54, 1.807) is 18.3 Å². The van der Waals surface area contributed by atoms with Gasteiger partial charge in [0.25, 0.3) is 0 Å². The van der Waals surface area contributed by atoms with Crippen LogP contribution in [0.1, 0.15) is 75.3 Å². The summed E-state index contributed by atoms with van der Waals surface area (Å²) in [7, 11) is 0. The van der Waals surface area contributed by atoms with Gasteiger partial charge in [0.2, 0.25) is 5.88 Å². The predicted molar refractivity (Wildman–Crippen MR) is 128 cm³/mol. The Bertz CT molecular complexity index is 940. The van der Waals surface area contributed by atoms with E-state index in [9.17, 15) is 22.4 Å². The molecule has 0 bridgehead atoms. The Morgan fingerprint density at radius 2 is 1.83 bits per heavy atom. The minimum absolute atomic E-state index is 0.196. The molecule has 10 heteroatoms. The van der Waals surface area contributed by atoms with Crippen molar-refractivity contribution in [3.63, 3.8) is 0 Å². The monoisotopic (exact) mass is 514 g/mol. The standard InChI is InChI=1S/C18H27F4NO.C8H7NO3/c1-2-3-4-5-6-7-8-9-12-23-14-15-10-11-17(16(19)13-15)24-18(20,21)22;10-8(11)6-4-12-7-5(6)2-1-3-9-7/h10-11,13,23H,2-9,12,14H2,1H3;1-3,6H,4H2,(H,10,11). The first-order chi connectivity index (χ1) is 17.2. The summed E-state index contributed by atoms with van der Waals surface area (Å²) >= 11 is 0. The summed E-state index contributed by atoms with van der Waals surface area (Å²) in [6, 6.07) is 6.96. The van der Waals surface area contributed by atoms with E-state index in [-0.39, 0.29) is 6.61 Å². The maximum absolute atomic E-state index is 13.5. The average molecular weight is 515 g/mol. The molecule has 2 N–H and O–H groups in total. The molecular weight excluding hydrogens is 480 g/mol. The maximum Gasteiger partial charge on any atom is 0.573 e. The molecular formula is C26H34F4N2O4. The average Bonchev–Trinajstić information content (AvgIpc) is 3.26. The summed E-state index contributed by atoms with van der Waals surface area (Å²) in [5.41, 5.74) is 1.27. The van der Waals surface area contributed by atoms with Gasteiger partial charge in [-0.15, -0.1) is 13.2 Å². The number of hydrogen-bond donors (Lipinski definition) is 2. The van der Waals surface area contributed by atoms with Crippen molar-refractivity contribution in [1.82, 2.24) is 10.3 Å². The molecule has 0 radical (unpaired) electrons. The summed E-state index contributed by atoms with van der Waals surface area (Å²) in [5.74, 6) is -2.76. The molecule has 0 saturated heterocycles. The molecule has 1 aliphatic heterocycles. The molecule has 1 aromatic carbocycles. The van der Waals surface area contributed by atoms with Gasteiger partial charge in [-0.25, -0.2) is 9.37 Å². The lowest BCUT2D eigenvalue weighted by atomic mass is 10.0. The highest BCUT2D eigenvalue weighted by Gasteiger charge is 2.32. The van der Waals surface area contributed by atoms with Crippen molar-refractivity contribution < 1.29 is 36.9 Å². The van der Waals surface area contributed by atoms with E-state index >= 15 is 0 Å². The first kappa shape index (κ1) is 29.4. The van der Waals surface area contributed by atoms with E-state index in [1.807, 2.05) is 0 Å². The number of carbonyl (C=O) groups is 1. The summed E-state index contributed by atoms with van der Waals surface area (Å²) < 4.78 is 58.4. The van der Waals surface area contributed by atoms with Gasteiger partial charge in [-0.05, 0) is 36.7 Å². The number of pyridine rings is 1. The van der Waals surface area contributed by atoms with Gasteiger partial charge in [0.15, 0.2) is 11.6 Å². The van der Waals surface area contributed by atoms with Gasteiger partial charge >= 0.3 is 12.3 Å². The van der Waals surface area contributed by atoms with Crippen LogP contribution in [0.2, 0.25) is 0 Å². The number of hydrogen-bond acceptors (Lipinski definition) is 5. The minimum atomic E-state index is -4.88. The van der Waals surface area contributed by atoms with Crippen LogP contribution in [0, 0.1) is 5.82 Å². The van der Waals surface area contributed by atoms with Crippen LogP contribution in [0.25, 0.3) is 0 Å². The predicted octanol–water partition coefficient (Wildman–Crippen LogP) is 6.60. The molecule has 1 unspecified atom stereocenters. The summed E-state index contributed by atoms with van der Waals surface area (Å²) in [4.78, 5) is 14.6. The molecule has 200 valence electrons. The van der Waals surface area contributed by atoms with Crippen molar-refractivity contribution in [2.24, 2.45) is 0 Å². The zero-order chi connectivity index (χ0) is 26.4. The van der Waals surface area contributed by atoms with Crippen molar-refractivity contribution >= 4 is 5.97 Å². The lowest BCUT2D eigenvalue weighted by Gasteiger charge is -2.11. The molecule has 0 spiro atoms. The number of halogens is 4. The Labute approximate surface area is 209 Å². The van der Waals surface area contributed by atoms with Gasteiger partial charge in [0.1, 0.15) is 12.5 Å². The van der Waals surface area contributed by atoms with Crippen LogP contribution in [0.15, 0.2) is 36.5 Å². The molecule has 0 fully saturated rings. The topological polar surface area (TPSA) is 80.7 Å². The molecule has 36 heavy (non-hydrogen) atoms. The van der Waals surface area contributed by atoms with Crippen molar-refractivity contribution in [2.45, 2.75) is 77.1 Å². The molecule has 2 aromatic rings. The normalized spacial score (nSPS) is 14.4. The summed E-state index contributed by atoms with van der Waals surface area (Å²) in [6.45, 7) is 3.65. The van der Waals surface area contributed by atoms with E-state index in [0.29, 0.717) is 23.6 Å². The number of rotatable bonds is 13. The van der Waals surface area contributed by atoms with Crippen molar-refractivity contribution in [1.29, 1.82) is 0 Å². The zero-order valence-corrected chi connectivity index (χ0v) is 20.5. The van der Waals surface area contributed by atoms with Gasteiger partial charge in [-0.2, -0.15) is 0 Å². The van der Waals surface area contributed by atoms with Gasteiger partial charge in [0.05, 0.1) is 0 Å². The quantitative estimate of drug-likeness (QED) is 0.232. The third kappa shape index (κ3) is 10.8. The molecule has 2 heterocycles. The number of unbranched alkanes of at least 4 members (excludes halogenated alkanes) is 7. The lowest BCUT2D eigenvalue weighted by molar-refractivity contribution is -0.275. The molecule has 0 aliphatic carbocycles. The Morgan fingerprint density at radius 3 is 2.47 bits per heavy atom. The second kappa shape index (κ2) is 15.3. The van der Waals surface area contributed by atoms with Gasteiger partial charge < -0.3 is 19.9 Å². The zero-order valence-electron chi connectivity index (χ0n) is 20.5. The number of fused-ring (bicyclic) bond motifs is 1. The number of alkyl halides is 3. The third-order valence-electron chi connectivity index (χ3n) is 5.62. The number of ether oxygens (including phenoxy) is 2. The largest absolute Gasteiger partial charge is 0.573 e. The molecule has 0 amide bonds. The fourth-order valence-corrected chi connectivity index (χ4v) is 3.72. The van der Waals surface area contributed by atoms with Crippen molar-refractivity contribution in [3.05, 3.63) is 53.5 Å². The molecule has 1 aliphatic rings. The number of nitrogens with zero attached hydrogens (tertiary/aromatic N) is 1. The van der Waals surface area contributed by atoms with Gasteiger partial charge in [0, 0.05) is 18.3 Å². The third-order valence-corrected chi connectivity index (χ3v) is 5.62. The van der Waals surface area contributed by atoms with Crippen LogP contribution in [-0.2, 0) is 11.3 Å². The van der Waals surface area contributed by atoms with Crippen molar-refractivity contribution in [2.75, 3.05) is 13.2 Å². The molecule has 0 saturated carbocycles. The minimum Gasteiger partial charge on any atom is -0.481 e. The highest BCUT2D eigenvalue weighted by molar-refractivity contribution is 5.78. The summed E-state index contributed by atoms with van der Waals surface area (Å²) in [5, 5.41) is 11.9. The molecule has 1 atom stereocenters. The Balaban J connectivity index is 0.000000313. The molecule has 1 aromatic heterocycles. The Kier molecular flexibility index (Phi) is 12.5. The molecule has 6 nitrogen and oxygen atoms in total. The fraction of sp³-hybridized carbons (Fsp3) is 0.538. The first-order valence-electron chi connectivity index (χ1n) is 12.3. The van der Waals surface area contributed by atoms with Crippen LogP contribution >= 0.6 is 0 Å². The number of carboxylic acids is 1. The van der Waals surface area contributed by atoms with Crippen LogP contribution in [0.5, 0.6) is 11.6 Å². The van der Waals surface area contributed by atoms with Crippen LogP contribution in [0.3, 0.4) is 0 Å². The number of aliphatic carboxylic acids is 1. The van der Waals surface area contributed by atoms with Gasteiger partial charge in [-0.3, -0.25) is 4.79 Å². The number of benzene rings is 1. The van der Waals surface area contributed by atoms with E-state index in [2.05, 4.69) is 22.0 Å². The van der Waals surface area contributed by atoms with Crippen LogP contribution in [0.4, 0.5) is 17.6 Å². The first-order valence-corrected chi connectivity index (χ1v) is 12.3. The van der Waals surface area contributed by atoms with Gasteiger partial charge in [-0.1, -0.05) is 64.0 Å². The summed E-state index contributed by atoms with van der Waals surface area (Å²) in [6.07, 6.45) is 6.59. The van der Waals surface area contributed by atoms with Crippen LogP contribution < -0.4 is 14.8 Å². The SMILES string of the molecule is CCCCCCCCCCNCc1ccc(OC(F)(F)F)c(F)c1.O=C(O)C1COc2ncccc21. The number of nitrogens with one attached hydrogen (secondary N) is 1. The van der Waals surface area contributed by atoms with Crippen molar-refractivity contribution in [3.8, 4) is 11.6 Å². The fourth-order valence-electron chi connectivity index (χ4n) is 3.72. The highest BCUT2D eigenvalue weighted by Crippen LogP contribution is 2.31. The lowest BCUT2D eigenvalue weighted by Crippen LogP contribution is -2.18. The van der Waals surface area contributed by atoms with Crippen LogP contribution in [-0.4, -0.2) is 35.6 Å². The second-order valence-corrected chi connectivity index (χ2v) is 8.56. The van der Waals surface area contributed by atoms with E-state index in [4.69, 9.17) is 9.84 Å². The van der Waals surface area contributed by atoms with E-state index in [1.165, 1.54) is 44.6 Å². The highest BCUT2D eigenvalue weighted by atomic mass is 19.4. The maximum atomic E-state index is 13.5. The van der Waals surface area contributed by atoms with E-state index < -0.39 is 29.8 Å². The number of aromatic nitrogens is 1. The smallest absolute Gasteiger partial charge is 0.481 e. The molecule has 3 rings (SSSR count). The number of carboxylic acid groups (broad SMARTS) is 1. The second-order valence-electron chi connectivity index (χ2n) is 8.56. The Morgan fingerprint density at radius 1 is 1.14 bits per heavy atom. The Hall–Kier alpha value is -2.88.